The highest BCUT2D eigenvalue weighted by molar-refractivity contribution is 6.34. The molecule has 0 aliphatic heterocycles. The Morgan fingerprint density at radius 3 is 2.71 bits per heavy atom. The van der Waals surface area contributed by atoms with Crippen LogP contribution in [-0.4, -0.2) is 25.4 Å². The number of imidazole rings is 1. The first-order valence-electron chi connectivity index (χ1n) is 10.1. The van der Waals surface area contributed by atoms with Crippen LogP contribution in [-0.2, 0) is 6.54 Å². The Bertz CT molecular complexity index is 1270. The molecule has 31 heavy (non-hydrogen) atoms. The number of benzene rings is 1. The van der Waals surface area contributed by atoms with Gasteiger partial charge in [0.05, 0.1) is 16.3 Å². The van der Waals surface area contributed by atoms with Gasteiger partial charge < -0.3 is 15.6 Å². The number of anilines is 2. The summed E-state index contributed by atoms with van der Waals surface area (Å²) in [5.41, 5.74) is 9.56. The van der Waals surface area contributed by atoms with E-state index in [0.29, 0.717) is 16.4 Å². The number of nitrogens with zero attached hydrogens (tertiary/aromatic N) is 4. The average Bonchev–Trinajstić information content (AvgIpc) is 3.06. The summed E-state index contributed by atoms with van der Waals surface area (Å²) in [6.07, 6.45) is 2.15. The normalized spacial score (nSPS) is 11.1. The fraction of sp³-hybridized carbons (Fsp3) is 0.217. The van der Waals surface area contributed by atoms with Crippen molar-refractivity contribution >= 4 is 40.3 Å². The molecule has 0 unspecified atom stereocenters. The standard InChI is InChI=1S/C23H23ClN6O/c1-3-4-11-30-14(2)26-19-10-9-18(27-22(19)30)15-12-20(25)28-21(13-15)29-23(31)16-7-5-6-8-17(16)24/h5-10,12-13H,3-4,11H2,1-2H3,(H3,25,28,29,31). The molecule has 0 radical (unpaired) electrons. The Balaban J connectivity index is 1.69. The molecule has 0 aliphatic carbocycles. The lowest BCUT2D eigenvalue weighted by molar-refractivity contribution is 0.102. The molecular formula is C23H23ClN6O. The van der Waals surface area contributed by atoms with E-state index in [0.717, 1.165) is 47.6 Å². The van der Waals surface area contributed by atoms with Crippen LogP contribution >= 0.6 is 11.6 Å². The minimum atomic E-state index is -0.355. The number of nitrogens with two attached hydrogens (primary N) is 1. The van der Waals surface area contributed by atoms with E-state index >= 15 is 0 Å². The molecule has 0 spiro atoms. The summed E-state index contributed by atoms with van der Waals surface area (Å²) in [7, 11) is 0. The summed E-state index contributed by atoms with van der Waals surface area (Å²) < 4.78 is 2.13. The lowest BCUT2D eigenvalue weighted by Gasteiger charge is -2.10. The number of carbonyl (C=O) groups excluding carboxylic acids is 1. The Morgan fingerprint density at radius 1 is 1.13 bits per heavy atom. The molecule has 1 aromatic carbocycles. The highest BCUT2D eigenvalue weighted by Gasteiger charge is 2.14. The molecule has 0 bridgehead atoms. The number of aryl methyl sites for hydroxylation is 2. The Kier molecular flexibility index (Phi) is 5.86. The molecular weight excluding hydrogens is 412 g/mol. The molecule has 0 saturated carbocycles. The van der Waals surface area contributed by atoms with E-state index in [-0.39, 0.29) is 11.7 Å². The zero-order chi connectivity index (χ0) is 22.0. The molecule has 4 aromatic rings. The molecule has 0 aliphatic rings. The van der Waals surface area contributed by atoms with Gasteiger partial charge in [-0.05, 0) is 49.7 Å². The number of rotatable bonds is 6. The minimum Gasteiger partial charge on any atom is -0.384 e. The van der Waals surface area contributed by atoms with Gasteiger partial charge in [0.1, 0.15) is 23.0 Å². The molecule has 0 atom stereocenters. The van der Waals surface area contributed by atoms with Crippen LogP contribution < -0.4 is 11.1 Å². The third-order valence-corrected chi connectivity index (χ3v) is 5.35. The van der Waals surface area contributed by atoms with Crippen LogP contribution in [0.1, 0.15) is 35.9 Å². The number of unbranched alkanes of at least 4 members (excludes halogenated alkanes) is 1. The molecule has 8 heteroatoms. The first-order valence-corrected chi connectivity index (χ1v) is 10.5. The van der Waals surface area contributed by atoms with Crippen molar-refractivity contribution in [1.82, 2.24) is 19.5 Å². The monoisotopic (exact) mass is 434 g/mol. The molecule has 3 heterocycles. The van der Waals surface area contributed by atoms with Crippen molar-refractivity contribution in [2.45, 2.75) is 33.2 Å². The van der Waals surface area contributed by atoms with Crippen LogP contribution in [0, 0.1) is 6.92 Å². The predicted octanol–water partition coefficient (Wildman–Crippen LogP) is 5.09. The van der Waals surface area contributed by atoms with Crippen molar-refractivity contribution in [3.05, 3.63) is 64.9 Å². The fourth-order valence-electron chi connectivity index (χ4n) is 3.45. The van der Waals surface area contributed by atoms with Gasteiger partial charge in [0.2, 0.25) is 0 Å². The maximum Gasteiger partial charge on any atom is 0.258 e. The van der Waals surface area contributed by atoms with Crippen molar-refractivity contribution in [2.24, 2.45) is 0 Å². The number of hydrogen-bond acceptors (Lipinski definition) is 5. The smallest absolute Gasteiger partial charge is 0.258 e. The number of carbonyl (C=O) groups is 1. The van der Waals surface area contributed by atoms with E-state index in [1.807, 2.05) is 19.1 Å². The largest absolute Gasteiger partial charge is 0.384 e. The second kappa shape index (κ2) is 8.73. The molecule has 0 fully saturated rings. The molecule has 4 rings (SSSR count). The van der Waals surface area contributed by atoms with Crippen LogP contribution in [0.3, 0.4) is 0 Å². The van der Waals surface area contributed by atoms with Crippen molar-refractivity contribution in [2.75, 3.05) is 11.1 Å². The number of pyridine rings is 2. The lowest BCUT2D eigenvalue weighted by atomic mass is 10.1. The zero-order valence-electron chi connectivity index (χ0n) is 17.4. The minimum absolute atomic E-state index is 0.282. The molecule has 3 aromatic heterocycles. The zero-order valence-corrected chi connectivity index (χ0v) is 18.1. The summed E-state index contributed by atoms with van der Waals surface area (Å²) in [6.45, 7) is 5.02. The van der Waals surface area contributed by atoms with E-state index in [4.69, 9.17) is 22.3 Å². The Labute approximate surface area is 185 Å². The molecule has 7 nitrogen and oxygen atoms in total. The number of fused-ring (bicyclic) bond motifs is 1. The van der Waals surface area contributed by atoms with Gasteiger partial charge in [-0.2, -0.15) is 0 Å². The number of hydrogen-bond donors (Lipinski definition) is 2. The van der Waals surface area contributed by atoms with Crippen LogP contribution in [0.2, 0.25) is 5.02 Å². The number of nitrogens with one attached hydrogen (secondary N) is 1. The van der Waals surface area contributed by atoms with Crippen molar-refractivity contribution in [3.8, 4) is 11.3 Å². The maximum atomic E-state index is 12.6. The van der Waals surface area contributed by atoms with Gasteiger partial charge in [0, 0.05) is 12.1 Å². The number of amides is 1. The van der Waals surface area contributed by atoms with E-state index < -0.39 is 0 Å². The highest BCUT2D eigenvalue weighted by atomic mass is 35.5. The third kappa shape index (κ3) is 4.36. The number of halogens is 1. The summed E-state index contributed by atoms with van der Waals surface area (Å²) in [5, 5.41) is 3.14. The molecule has 3 N–H and O–H groups in total. The summed E-state index contributed by atoms with van der Waals surface area (Å²) >= 11 is 6.13. The van der Waals surface area contributed by atoms with E-state index in [1.54, 1.807) is 36.4 Å². The number of nitrogen functional groups attached to an aromatic ring is 1. The van der Waals surface area contributed by atoms with Gasteiger partial charge in [-0.1, -0.05) is 37.1 Å². The maximum absolute atomic E-state index is 12.6. The van der Waals surface area contributed by atoms with Gasteiger partial charge in [-0.15, -0.1) is 0 Å². The molecule has 0 saturated heterocycles. The number of aromatic nitrogens is 4. The second-order valence-electron chi connectivity index (χ2n) is 7.30. The fourth-order valence-corrected chi connectivity index (χ4v) is 3.67. The predicted molar refractivity (Wildman–Crippen MR) is 124 cm³/mol. The average molecular weight is 435 g/mol. The molecule has 1 amide bonds. The quantitative estimate of drug-likeness (QED) is 0.440. The SMILES string of the molecule is CCCCn1c(C)nc2ccc(-c3cc(N)nc(NC(=O)c4ccccc4Cl)c3)nc21. The first-order chi connectivity index (χ1) is 15.0. The van der Waals surface area contributed by atoms with E-state index in [2.05, 4.69) is 26.8 Å². The van der Waals surface area contributed by atoms with Crippen molar-refractivity contribution in [1.29, 1.82) is 0 Å². The van der Waals surface area contributed by atoms with Gasteiger partial charge in [-0.3, -0.25) is 4.79 Å². The molecule has 158 valence electrons. The summed E-state index contributed by atoms with van der Waals surface area (Å²) in [4.78, 5) is 26.3. The van der Waals surface area contributed by atoms with Crippen LogP contribution in [0.25, 0.3) is 22.4 Å². The van der Waals surface area contributed by atoms with Gasteiger partial charge in [0.25, 0.3) is 5.91 Å². The van der Waals surface area contributed by atoms with Crippen LogP contribution in [0.5, 0.6) is 0 Å². The van der Waals surface area contributed by atoms with Gasteiger partial charge in [0.15, 0.2) is 5.65 Å². The Morgan fingerprint density at radius 2 is 1.94 bits per heavy atom. The van der Waals surface area contributed by atoms with E-state index in [9.17, 15) is 4.79 Å². The van der Waals surface area contributed by atoms with Crippen molar-refractivity contribution < 1.29 is 4.79 Å². The summed E-state index contributed by atoms with van der Waals surface area (Å²) in [5.74, 6) is 1.20. The van der Waals surface area contributed by atoms with Crippen LogP contribution in [0.15, 0.2) is 48.5 Å². The highest BCUT2D eigenvalue weighted by Crippen LogP contribution is 2.26. The Hall–Kier alpha value is -3.45. The third-order valence-electron chi connectivity index (χ3n) is 5.02. The van der Waals surface area contributed by atoms with Crippen LogP contribution in [0.4, 0.5) is 11.6 Å². The first kappa shape index (κ1) is 20.8. The topological polar surface area (TPSA) is 98.7 Å². The van der Waals surface area contributed by atoms with Crippen molar-refractivity contribution in [3.63, 3.8) is 0 Å². The lowest BCUT2D eigenvalue weighted by Crippen LogP contribution is -2.14. The van der Waals surface area contributed by atoms with Gasteiger partial charge >= 0.3 is 0 Å². The summed E-state index contributed by atoms with van der Waals surface area (Å²) in [6, 6.07) is 14.2. The van der Waals surface area contributed by atoms with Gasteiger partial charge in [-0.25, -0.2) is 15.0 Å². The van der Waals surface area contributed by atoms with E-state index in [1.165, 1.54) is 0 Å². The second-order valence-corrected chi connectivity index (χ2v) is 7.71.